The lowest BCUT2D eigenvalue weighted by Crippen LogP contribution is -2.37. The Morgan fingerprint density at radius 3 is 2.87 bits per heavy atom. The topological polar surface area (TPSA) is 58.7 Å². The summed E-state index contributed by atoms with van der Waals surface area (Å²) in [4.78, 5) is 18.2. The molecular formula is C10H13N3OS. The number of carbonyl (C=O) groups is 1. The van der Waals surface area contributed by atoms with E-state index in [-0.39, 0.29) is 18.1 Å². The van der Waals surface area contributed by atoms with Gasteiger partial charge in [0.1, 0.15) is 11.9 Å². The molecule has 0 saturated heterocycles. The van der Waals surface area contributed by atoms with E-state index < -0.39 is 0 Å². The summed E-state index contributed by atoms with van der Waals surface area (Å²) >= 11 is 1.59. The van der Waals surface area contributed by atoms with Gasteiger partial charge < -0.3 is 10.6 Å². The largest absolute Gasteiger partial charge is 0.385 e. The van der Waals surface area contributed by atoms with Crippen molar-refractivity contribution >= 4 is 23.2 Å². The molecule has 2 amide bonds. The van der Waals surface area contributed by atoms with E-state index in [1.807, 2.05) is 31.4 Å². The monoisotopic (exact) mass is 223 g/mol. The summed E-state index contributed by atoms with van der Waals surface area (Å²) in [6, 6.07) is 3.63. The van der Waals surface area contributed by atoms with E-state index in [1.54, 1.807) is 16.2 Å². The molecule has 0 radical (unpaired) electrons. The van der Waals surface area contributed by atoms with E-state index in [4.69, 9.17) is 5.73 Å². The number of nitrogens with zero attached hydrogens (tertiary/aromatic N) is 2. The van der Waals surface area contributed by atoms with Gasteiger partial charge in [0, 0.05) is 10.9 Å². The lowest BCUT2D eigenvalue weighted by atomic mass is 10.2. The minimum atomic E-state index is -0.235. The van der Waals surface area contributed by atoms with E-state index in [1.165, 1.54) is 0 Å². The summed E-state index contributed by atoms with van der Waals surface area (Å²) in [5, 5.41) is 1.98. The number of thiophene rings is 1. The van der Waals surface area contributed by atoms with Crippen LogP contribution in [0.5, 0.6) is 0 Å². The molecule has 0 saturated carbocycles. The predicted octanol–water partition coefficient (Wildman–Crippen LogP) is 1.99. The first-order chi connectivity index (χ1) is 7.11. The second-order valence-electron chi connectivity index (χ2n) is 3.74. The van der Waals surface area contributed by atoms with Crippen molar-refractivity contribution in [3.05, 3.63) is 22.4 Å². The molecule has 1 aromatic heterocycles. The zero-order chi connectivity index (χ0) is 11.0. The van der Waals surface area contributed by atoms with Crippen molar-refractivity contribution < 1.29 is 4.79 Å². The Kier molecular flexibility index (Phi) is 2.48. The molecule has 1 aromatic rings. The quantitative estimate of drug-likeness (QED) is 0.833. The fourth-order valence-corrected chi connectivity index (χ4v) is 2.57. The van der Waals surface area contributed by atoms with Crippen LogP contribution in [0.3, 0.4) is 0 Å². The number of amides is 2. The molecule has 2 N–H and O–H groups in total. The highest BCUT2D eigenvalue weighted by Gasteiger charge is 2.36. The van der Waals surface area contributed by atoms with Gasteiger partial charge >= 0.3 is 6.03 Å². The standard InChI is InChI=1S/C10H13N3OS/c1-6(2)13-8(7-4-3-5-15-7)9(11)12-10(13)14/h3-6,8H,1-2H3,(H2,11,12,14). The van der Waals surface area contributed by atoms with Gasteiger partial charge in [-0.15, -0.1) is 11.3 Å². The fraction of sp³-hybridized carbons (Fsp3) is 0.400. The second-order valence-corrected chi connectivity index (χ2v) is 4.72. The smallest absolute Gasteiger partial charge is 0.346 e. The summed E-state index contributed by atoms with van der Waals surface area (Å²) in [6.45, 7) is 3.93. The van der Waals surface area contributed by atoms with Gasteiger partial charge in [-0.25, -0.2) is 4.79 Å². The van der Waals surface area contributed by atoms with Gasteiger partial charge in [-0.2, -0.15) is 4.99 Å². The van der Waals surface area contributed by atoms with Crippen LogP contribution in [0, 0.1) is 0 Å². The number of nitrogens with two attached hydrogens (primary N) is 1. The zero-order valence-electron chi connectivity index (χ0n) is 8.68. The van der Waals surface area contributed by atoms with Gasteiger partial charge in [-0.05, 0) is 25.3 Å². The fourth-order valence-electron chi connectivity index (χ4n) is 1.73. The molecule has 0 bridgehead atoms. The number of aliphatic imine (C=N–C) groups is 1. The van der Waals surface area contributed by atoms with Crippen LogP contribution in [0.1, 0.15) is 24.8 Å². The van der Waals surface area contributed by atoms with Gasteiger partial charge in [0.25, 0.3) is 0 Å². The minimum Gasteiger partial charge on any atom is -0.385 e. The van der Waals surface area contributed by atoms with E-state index in [0.717, 1.165) is 4.88 Å². The molecule has 1 atom stereocenters. The van der Waals surface area contributed by atoms with E-state index >= 15 is 0 Å². The molecule has 0 aliphatic carbocycles. The maximum atomic E-state index is 11.6. The normalized spacial score (nSPS) is 21.3. The molecule has 15 heavy (non-hydrogen) atoms. The number of amidine groups is 1. The number of hydrogen-bond acceptors (Lipinski definition) is 3. The first-order valence-electron chi connectivity index (χ1n) is 4.81. The number of carbonyl (C=O) groups excluding carboxylic acids is 1. The average molecular weight is 223 g/mol. The van der Waals surface area contributed by atoms with Crippen molar-refractivity contribution in [3.8, 4) is 0 Å². The zero-order valence-corrected chi connectivity index (χ0v) is 9.49. The first kappa shape index (κ1) is 10.2. The highest BCUT2D eigenvalue weighted by atomic mass is 32.1. The second kappa shape index (κ2) is 3.66. The molecule has 0 aromatic carbocycles. The minimum absolute atomic E-state index is 0.106. The Balaban J connectivity index is 2.37. The Bertz CT molecular complexity index is 397. The molecule has 5 heteroatoms. The van der Waals surface area contributed by atoms with Gasteiger partial charge in [-0.3, -0.25) is 0 Å². The van der Waals surface area contributed by atoms with Crippen LogP contribution in [0.4, 0.5) is 4.79 Å². The Morgan fingerprint density at radius 1 is 1.60 bits per heavy atom. The third-order valence-electron chi connectivity index (χ3n) is 2.37. The maximum absolute atomic E-state index is 11.6. The Morgan fingerprint density at radius 2 is 2.33 bits per heavy atom. The molecule has 0 spiro atoms. The molecule has 1 aliphatic heterocycles. The molecule has 4 nitrogen and oxygen atoms in total. The van der Waals surface area contributed by atoms with Crippen molar-refractivity contribution in [2.45, 2.75) is 25.9 Å². The highest BCUT2D eigenvalue weighted by molar-refractivity contribution is 7.10. The van der Waals surface area contributed by atoms with Crippen molar-refractivity contribution in [2.75, 3.05) is 0 Å². The first-order valence-corrected chi connectivity index (χ1v) is 5.69. The predicted molar refractivity (Wildman–Crippen MR) is 61.1 cm³/mol. The Labute approximate surface area is 92.4 Å². The van der Waals surface area contributed by atoms with Crippen LogP contribution in [-0.4, -0.2) is 22.8 Å². The van der Waals surface area contributed by atoms with Crippen LogP contribution >= 0.6 is 11.3 Å². The molecule has 80 valence electrons. The lowest BCUT2D eigenvalue weighted by molar-refractivity contribution is 0.191. The van der Waals surface area contributed by atoms with Crippen molar-refractivity contribution in [1.82, 2.24) is 4.90 Å². The molecule has 0 fully saturated rings. The van der Waals surface area contributed by atoms with Crippen LogP contribution in [0.25, 0.3) is 0 Å². The number of rotatable bonds is 2. The molecule has 2 heterocycles. The van der Waals surface area contributed by atoms with Crippen molar-refractivity contribution in [3.63, 3.8) is 0 Å². The van der Waals surface area contributed by atoms with Gasteiger partial charge in [-0.1, -0.05) is 6.07 Å². The van der Waals surface area contributed by atoms with Crippen LogP contribution in [-0.2, 0) is 0 Å². The molecule has 2 rings (SSSR count). The summed E-state index contributed by atoms with van der Waals surface area (Å²) in [7, 11) is 0. The molecular weight excluding hydrogens is 210 g/mol. The summed E-state index contributed by atoms with van der Waals surface area (Å²) in [5.74, 6) is 0.399. The van der Waals surface area contributed by atoms with Crippen molar-refractivity contribution in [2.24, 2.45) is 10.7 Å². The highest BCUT2D eigenvalue weighted by Crippen LogP contribution is 2.31. The molecule has 1 unspecified atom stereocenters. The van der Waals surface area contributed by atoms with Crippen LogP contribution in [0.2, 0.25) is 0 Å². The van der Waals surface area contributed by atoms with Crippen LogP contribution < -0.4 is 5.73 Å². The summed E-state index contributed by atoms with van der Waals surface area (Å²) in [5.41, 5.74) is 5.78. The van der Waals surface area contributed by atoms with Crippen molar-refractivity contribution in [1.29, 1.82) is 0 Å². The number of urea groups is 1. The van der Waals surface area contributed by atoms with Gasteiger partial charge in [0.15, 0.2) is 0 Å². The maximum Gasteiger partial charge on any atom is 0.346 e. The molecule has 1 aliphatic rings. The van der Waals surface area contributed by atoms with Gasteiger partial charge in [0.05, 0.1) is 0 Å². The van der Waals surface area contributed by atoms with E-state index in [0.29, 0.717) is 5.84 Å². The lowest BCUT2D eigenvalue weighted by Gasteiger charge is -2.26. The van der Waals surface area contributed by atoms with E-state index in [2.05, 4.69) is 4.99 Å². The third-order valence-corrected chi connectivity index (χ3v) is 3.30. The summed E-state index contributed by atoms with van der Waals surface area (Å²) in [6.07, 6.45) is 0. The van der Waals surface area contributed by atoms with Crippen LogP contribution in [0.15, 0.2) is 22.5 Å². The Hall–Kier alpha value is -1.36. The number of hydrogen-bond donors (Lipinski definition) is 1. The SMILES string of the molecule is CC(C)N1C(=O)N=C(N)C1c1cccs1. The average Bonchev–Trinajstić information content (AvgIpc) is 2.71. The summed E-state index contributed by atoms with van der Waals surface area (Å²) < 4.78 is 0. The van der Waals surface area contributed by atoms with E-state index in [9.17, 15) is 4.79 Å². The van der Waals surface area contributed by atoms with Gasteiger partial charge in [0.2, 0.25) is 0 Å². The third kappa shape index (κ3) is 1.63.